The molecule has 3 N–H and O–H groups in total. The Bertz CT molecular complexity index is 494. The molecule has 0 bridgehead atoms. The molecule has 21 heavy (non-hydrogen) atoms. The number of amides is 1. The molecule has 7 heteroatoms. The number of methoxy groups -OCH3 is 2. The summed E-state index contributed by atoms with van der Waals surface area (Å²) in [6.07, 6.45) is 1.39. The minimum absolute atomic E-state index is 0. The molecule has 0 aliphatic heterocycles. The topological polar surface area (TPSA) is 90.7 Å². The number of nitrogens with two attached hydrogens (primary N) is 1. The van der Waals surface area contributed by atoms with E-state index in [1.165, 1.54) is 20.3 Å². The van der Waals surface area contributed by atoms with Gasteiger partial charge in [-0.1, -0.05) is 13.3 Å². The van der Waals surface area contributed by atoms with Gasteiger partial charge in [0.15, 0.2) is 0 Å². The lowest BCUT2D eigenvalue weighted by atomic mass is 10.1. The standard InChI is InChI=1S/C14H20N2O4.ClH/c1-4-5-11(15)13(17)16-12-7-6-9(19-2)8-10(12)14(18)20-3;/h6-8,11H,4-5,15H2,1-3H3,(H,16,17);1H. The number of hydrogen-bond donors (Lipinski definition) is 2. The van der Waals surface area contributed by atoms with Crippen molar-refractivity contribution < 1.29 is 19.1 Å². The number of esters is 1. The van der Waals surface area contributed by atoms with Crippen LogP contribution in [-0.4, -0.2) is 32.1 Å². The third kappa shape index (κ3) is 5.24. The molecule has 1 aromatic rings. The zero-order valence-electron chi connectivity index (χ0n) is 12.3. The first kappa shape index (κ1) is 19.2. The summed E-state index contributed by atoms with van der Waals surface area (Å²) in [6, 6.07) is 4.13. The zero-order chi connectivity index (χ0) is 15.1. The van der Waals surface area contributed by atoms with Gasteiger partial charge in [-0.15, -0.1) is 12.4 Å². The molecule has 1 atom stereocenters. The van der Waals surface area contributed by atoms with Gasteiger partial charge in [0, 0.05) is 0 Å². The number of carbonyl (C=O) groups excluding carboxylic acids is 2. The van der Waals surface area contributed by atoms with Crippen LogP contribution in [0.4, 0.5) is 5.69 Å². The summed E-state index contributed by atoms with van der Waals surface area (Å²) < 4.78 is 9.74. The number of rotatable bonds is 6. The van der Waals surface area contributed by atoms with Crippen LogP contribution in [0.2, 0.25) is 0 Å². The van der Waals surface area contributed by atoms with Crippen LogP contribution < -0.4 is 15.8 Å². The fourth-order valence-corrected chi connectivity index (χ4v) is 1.71. The second kappa shape index (κ2) is 9.20. The second-order valence-corrected chi connectivity index (χ2v) is 4.29. The summed E-state index contributed by atoms with van der Waals surface area (Å²) in [4.78, 5) is 23.6. The molecule has 1 unspecified atom stereocenters. The molecule has 0 aromatic heterocycles. The van der Waals surface area contributed by atoms with Gasteiger partial charge in [-0.3, -0.25) is 4.79 Å². The lowest BCUT2D eigenvalue weighted by Crippen LogP contribution is -2.35. The third-order valence-corrected chi connectivity index (χ3v) is 2.83. The first-order valence-electron chi connectivity index (χ1n) is 6.36. The number of carbonyl (C=O) groups is 2. The number of benzene rings is 1. The van der Waals surface area contributed by atoms with Gasteiger partial charge in [0.05, 0.1) is 31.5 Å². The Labute approximate surface area is 130 Å². The van der Waals surface area contributed by atoms with Crippen LogP contribution in [0, 0.1) is 0 Å². The summed E-state index contributed by atoms with van der Waals surface area (Å²) >= 11 is 0. The number of ether oxygens (including phenoxy) is 2. The van der Waals surface area contributed by atoms with Crippen molar-refractivity contribution in [2.24, 2.45) is 5.73 Å². The van der Waals surface area contributed by atoms with Gasteiger partial charge in [-0.05, 0) is 24.6 Å². The lowest BCUT2D eigenvalue weighted by Gasteiger charge is -2.14. The Balaban J connectivity index is 0.00000400. The highest BCUT2D eigenvalue weighted by Crippen LogP contribution is 2.23. The predicted octanol–water partition coefficient (Wildman–Crippen LogP) is 1.97. The Morgan fingerprint density at radius 3 is 2.52 bits per heavy atom. The molecule has 1 amide bonds. The Kier molecular flexibility index (Phi) is 8.42. The van der Waals surface area contributed by atoms with Crippen molar-refractivity contribution in [2.75, 3.05) is 19.5 Å². The largest absolute Gasteiger partial charge is 0.497 e. The molecule has 0 saturated carbocycles. The average molecular weight is 317 g/mol. The molecule has 0 radical (unpaired) electrons. The summed E-state index contributed by atoms with van der Waals surface area (Å²) in [5.41, 5.74) is 6.32. The fraction of sp³-hybridized carbons (Fsp3) is 0.429. The van der Waals surface area contributed by atoms with Crippen LogP contribution in [-0.2, 0) is 9.53 Å². The van der Waals surface area contributed by atoms with Crippen molar-refractivity contribution in [2.45, 2.75) is 25.8 Å². The van der Waals surface area contributed by atoms with Crippen molar-refractivity contribution in [3.63, 3.8) is 0 Å². The Morgan fingerprint density at radius 1 is 1.33 bits per heavy atom. The first-order valence-corrected chi connectivity index (χ1v) is 6.36. The van der Waals surface area contributed by atoms with E-state index in [4.69, 9.17) is 10.5 Å². The van der Waals surface area contributed by atoms with Gasteiger partial charge in [0.25, 0.3) is 0 Å². The van der Waals surface area contributed by atoms with E-state index in [0.717, 1.165) is 6.42 Å². The molecule has 0 heterocycles. The van der Waals surface area contributed by atoms with E-state index in [-0.39, 0.29) is 23.9 Å². The van der Waals surface area contributed by atoms with Crippen LogP contribution in [0.15, 0.2) is 18.2 Å². The number of anilines is 1. The van der Waals surface area contributed by atoms with Gasteiger partial charge in [0.1, 0.15) is 5.75 Å². The molecule has 0 fully saturated rings. The highest BCUT2D eigenvalue weighted by molar-refractivity contribution is 6.03. The number of nitrogens with one attached hydrogen (secondary N) is 1. The molecular weight excluding hydrogens is 296 g/mol. The Hall–Kier alpha value is -1.79. The quantitative estimate of drug-likeness (QED) is 0.783. The van der Waals surface area contributed by atoms with Crippen molar-refractivity contribution in [3.05, 3.63) is 23.8 Å². The highest BCUT2D eigenvalue weighted by Gasteiger charge is 2.18. The summed E-state index contributed by atoms with van der Waals surface area (Å²) in [6.45, 7) is 1.94. The van der Waals surface area contributed by atoms with Gasteiger partial charge in [0.2, 0.25) is 5.91 Å². The van der Waals surface area contributed by atoms with Crippen molar-refractivity contribution in [1.82, 2.24) is 0 Å². The molecule has 0 spiro atoms. The Morgan fingerprint density at radius 2 is 2.00 bits per heavy atom. The summed E-state index contributed by atoms with van der Waals surface area (Å²) in [5, 5.41) is 2.64. The van der Waals surface area contributed by atoms with Crippen LogP contribution >= 0.6 is 12.4 Å². The van der Waals surface area contributed by atoms with Gasteiger partial charge in [-0.2, -0.15) is 0 Å². The van der Waals surface area contributed by atoms with Crippen LogP contribution in [0.5, 0.6) is 5.75 Å². The van der Waals surface area contributed by atoms with Gasteiger partial charge in [-0.25, -0.2) is 4.79 Å². The van der Waals surface area contributed by atoms with Gasteiger partial charge < -0.3 is 20.5 Å². The first-order chi connectivity index (χ1) is 9.53. The van der Waals surface area contributed by atoms with E-state index in [9.17, 15) is 9.59 Å². The minimum Gasteiger partial charge on any atom is -0.497 e. The number of hydrogen-bond acceptors (Lipinski definition) is 5. The molecule has 1 rings (SSSR count). The third-order valence-electron chi connectivity index (χ3n) is 2.83. The maximum atomic E-state index is 11.9. The molecule has 118 valence electrons. The van der Waals surface area contributed by atoms with Crippen molar-refractivity contribution >= 4 is 30.0 Å². The molecular formula is C14H21ClN2O4. The van der Waals surface area contributed by atoms with Crippen LogP contribution in [0.3, 0.4) is 0 Å². The maximum Gasteiger partial charge on any atom is 0.340 e. The maximum absolute atomic E-state index is 11.9. The second-order valence-electron chi connectivity index (χ2n) is 4.29. The van der Waals surface area contributed by atoms with E-state index in [0.29, 0.717) is 17.9 Å². The van der Waals surface area contributed by atoms with E-state index in [2.05, 4.69) is 10.1 Å². The van der Waals surface area contributed by atoms with Crippen LogP contribution in [0.1, 0.15) is 30.1 Å². The molecule has 0 saturated heterocycles. The van der Waals surface area contributed by atoms with Gasteiger partial charge >= 0.3 is 5.97 Å². The SMILES string of the molecule is CCCC(N)C(=O)Nc1ccc(OC)cc1C(=O)OC.Cl. The minimum atomic E-state index is -0.604. The zero-order valence-corrected chi connectivity index (χ0v) is 13.2. The average Bonchev–Trinajstić information content (AvgIpc) is 2.46. The van der Waals surface area contributed by atoms with Crippen molar-refractivity contribution in [3.8, 4) is 5.75 Å². The fourth-order valence-electron chi connectivity index (χ4n) is 1.71. The lowest BCUT2D eigenvalue weighted by molar-refractivity contribution is -0.117. The van der Waals surface area contributed by atoms with E-state index >= 15 is 0 Å². The number of halogens is 1. The normalized spacial score (nSPS) is 11.0. The van der Waals surface area contributed by atoms with E-state index in [1.54, 1.807) is 12.1 Å². The molecule has 6 nitrogen and oxygen atoms in total. The summed E-state index contributed by atoms with van der Waals surface area (Å²) in [5.74, 6) is -0.383. The molecule has 0 aliphatic carbocycles. The summed E-state index contributed by atoms with van der Waals surface area (Å²) in [7, 11) is 2.77. The van der Waals surface area contributed by atoms with Crippen molar-refractivity contribution in [1.29, 1.82) is 0 Å². The molecule has 1 aromatic carbocycles. The monoisotopic (exact) mass is 316 g/mol. The van der Waals surface area contributed by atoms with E-state index in [1.807, 2.05) is 6.92 Å². The molecule has 0 aliphatic rings. The smallest absolute Gasteiger partial charge is 0.340 e. The highest BCUT2D eigenvalue weighted by atomic mass is 35.5. The van der Waals surface area contributed by atoms with E-state index < -0.39 is 12.0 Å². The van der Waals surface area contributed by atoms with Crippen LogP contribution in [0.25, 0.3) is 0 Å². The predicted molar refractivity (Wildman–Crippen MR) is 83.1 cm³/mol.